The molecule has 1 aromatic rings. The smallest absolute Gasteiger partial charge is 0.406 e. The topological polar surface area (TPSA) is 41.6 Å². The van der Waals surface area contributed by atoms with Crippen molar-refractivity contribution in [3.8, 4) is 5.75 Å². The predicted octanol–water partition coefficient (Wildman–Crippen LogP) is 3.19. The van der Waals surface area contributed by atoms with Gasteiger partial charge < -0.3 is 15.0 Å². The Balaban J connectivity index is 1.84. The van der Waals surface area contributed by atoms with E-state index in [4.69, 9.17) is 0 Å². The Morgan fingerprint density at radius 2 is 1.87 bits per heavy atom. The fourth-order valence-corrected chi connectivity index (χ4v) is 2.69. The van der Waals surface area contributed by atoms with Gasteiger partial charge in [-0.25, -0.2) is 0 Å². The summed E-state index contributed by atoms with van der Waals surface area (Å²) in [7, 11) is 0. The quantitative estimate of drug-likeness (QED) is 0.901. The van der Waals surface area contributed by atoms with Crippen LogP contribution in [-0.2, 0) is 0 Å². The zero-order valence-electron chi connectivity index (χ0n) is 13.0. The van der Waals surface area contributed by atoms with Gasteiger partial charge in [0.25, 0.3) is 5.91 Å². The first-order valence-corrected chi connectivity index (χ1v) is 7.76. The summed E-state index contributed by atoms with van der Waals surface area (Å²) in [6.45, 7) is 5.12. The average Bonchev–Trinajstić information content (AvgIpc) is 2.48. The standard InChI is InChI=1S/C16H21F3N2O2/c1-2-9-21-10-7-13(8-11-21)20-15(22)12-3-5-14(6-4-12)23-16(17,18)19/h3-6,13H,2,7-11H2,1H3,(H,20,22). The van der Waals surface area contributed by atoms with E-state index < -0.39 is 6.36 Å². The first-order chi connectivity index (χ1) is 10.9. The van der Waals surface area contributed by atoms with Crippen LogP contribution in [0.1, 0.15) is 36.5 Å². The monoisotopic (exact) mass is 330 g/mol. The number of rotatable bonds is 5. The van der Waals surface area contributed by atoms with E-state index in [0.717, 1.165) is 51.0 Å². The van der Waals surface area contributed by atoms with E-state index in [9.17, 15) is 18.0 Å². The van der Waals surface area contributed by atoms with Gasteiger partial charge in [0.05, 0.1) is 0 Å². The minimum atomic E-state index is -4.73. The molecule has 2 rings (SSSR count). The lowest BCUT2D eigenvalue weighted by Crippen LogP contribution is -2.44. The molecule has 7 heteroatoms. The van der Waals surface area contributed by atoms with Crippen LogP contribution in [0.5, 0.6) is 5.75 Å². The second-order valence-corrected chi connectivity index (χ2v) is 5.66. The largest absolute Gasteiger partial charge is 0.573 e. The molecule has 0 bridgehead atoms. The number of likely N-dealkylation sites (tertiary alicyclic amines) is 1. The van der Waals surface area contributed by atoms with Crippen molar-refractivity contribution < 1.29 is 22.7 Å². The van der Waals surface area contributed by atoms with Gasteiger partial charge in [0.1, 0.15) is 5.75 Å². The van der Waals surface area contributed by atoms with Gasteiger partial charge in [0.15, 0.2) is 0 Å². The predicted molar refractivity (Wildman–Crippen MR) is 80.3 cm³/mol. The Morgan fingerprint density at radius 1 is 1.26 bits per heavy atom. The van der Waals surface area contributed by atoms with Crippen LogP contribution in [0.15, 0.2) is 24.3 Å². The normalized spacial score (nSPS) is 17.0. The fraction of sp³-hybridized carbons (Fsp3) is 0.562. The molecular formula is C16H21F3N2O2. The molecule has 23 heavy (non-hydrogen) atoms. The maximum atomic E-state index is 12.1. The average molecular weight is 330 g/mol. The zero-order valence-corrected chi connectivity index (χ0v) is 13.0. The number of hydrogen-bond donors (Lipinski definition) is 1. The minimum Gasteiger partial charge on any atom is -0.406 e. The number of halogens is 3. The van der Waals surface area contributed by atoms with Crippen LogP contribution in [0.2, 0.25) is 0 Å². The molecule has 0 radical (unpaired) electrons. The third-order valence-corrected chi connectivity index (χ3v) is 3.81. The van der Waals surface area contributed by atoms with Crippen LogP contribution in [-0.4, -0.2) is 42.8 Å². The summed E-state index contributed by atoms with van der Waals surface area (Å²) in [4.78, 5) is 14.5. The van der Waals surface area contributed by atoms with E-state index in [1.165, 1.54) is 12.1 Å². The highest BCUT2D eigenvalue weighted by Gasteiger charge is 2.31. The highest BCUT2D eigenvalue weighted by atomic mass is 19.4. The number of nitrogens with zero attached hydrogens (tertiary/aromatic N) is 1. The van der Waals surface area contributed by atoms with Gasteiger partial charge in [-0.1, -0.05) is 6.92 Å². The summed E-state index contributed by atoms with van der Waals surface area (Å²) < 4.78 is 40.1. The number of hydrogen-bond acceptors (Lipinski definition) is 3. The Kier molecular flexibility index (Phi) is 5.87. The number of nitrogens with one attached hydrogen (secondary N) is 1. The van der Waals surface area contributed by atoms with Crippen LogP contribution in [0.3, 0.4) is 0 Å². The molecule has 1 fully saturated rings. The summed E-state index contributed by atoms with van der Waals surface area (Å²) >= 11 is 0. The van der Waals surface area contributed by atoms with Gasteiger partial charge in [-0.05, 0) is 50.1 Å². The third-order valence-electron chi connectivity index (χ3n) is 3.81. The second kappa shape index (κ2) is 7.68. The van der Waals surface area contributed by atoms with Gasteiger partial charge in [-0.2, -0.15) is 0 Å². The Morgan fingerprint density at radius 3 is 2.39 bits per heavy atom. The number of amides is 1. The first kappa shape index (κ1) is 17.6. The molecule has 4 nitrogen and oxygen atoms in total. The molecular weight excluding hydrogens is 309 g/mol. The van der Waals surface area contributed by atoms with Crippen molar-refractivity contribution in [1.29, 1.82) is 0 Å². The number of piperidine rings is 1. The van der Waals surface area contributed by atoms with Crippen LogP contribution in [0, 0.1) is 0 Å². The van der Waals surface area contributed by atoms with Gasteiger partial charge in [0, 0.05) is 24.7 Å². The van der Waals surface area contributed by atoms with Crippen molar-refractivity contribution in [3.05, 3.63) is 29.8 Å². The number of carbonyl (C=O) groups excluding carboxylic acids is 1. The van der Waals surface area contributed by atoms with Gasteiger partial charge in [0.2, 0.25) is 0 Å². The molecule has 0 saturated carbocycles. The number of alkyl halides is 3. The molecule has 0 spiro atoms. The molecule has 1 amide bonds. The van der Waals surface area contributed by atoms with E-state index in [1.807, 2.05) is 0 Å². The summed E-state index contributed by atoms with van der Waals surface area (Å²) in [6.07, 6.45) is -1.83. The Bertz CT molecular complexity index is 509. The molecule has 1 heterocycles. The van der Waals surface area contributed by atoms with E-state index >= 15 is 0 Å². The lowest BCUT2D eigenvalue weighted by molar-refractivity contribution is -0.274. The molecule has 0 aromatic heterocycles. The lowest BCUT2D eigenvalue weighted by Gasteiger charge is -2.32. The molecule has 1 aromatic carbocycles. The number of carbonyl (C=O) groups is 1. The highest BCUT2D eigenvalue weighted by Crippen LogP contribution is 2.22. The summed E-state index contributed by atoms with van der Waals surface area (Å²) in [5.74, 6) is -0.598. The molecule has 1 saturated heterocycles. The van der Waals surface area contributed by atoms with E-state index in [-0.39, 0.29) is 17.7 Å². The molecule has 1 aliphatic heterocycles. The summed E-state index contributed by atoms with van der Waals surface area (Å²) in [5, 5.41) is 2.94. The lowest BCUT2D eigenvalue weighted by atomic mass is 10.0. The van der Waals surface area contributed by atoms with Gasteiger partial charge >= 0.3 is 6.36 Å². The molecule has 0 aliphatic carbocycles. The van der Waals surface area contributed by atoms with Gasteiger partial charge in [-0.15, -0.1) is 13.2 Å². The summed E-state index contributed by atoms with van der Waals surface area (Å²) in [6, 6.07) is 5.07. The Hall–Kier alpha value is -1.76. The van der Waals surface area contributed by atoms with Crippen LogP contribution in [0.25, 0.3) is 0 Å². The number of ether oxygens (including phenoxy) is 1. The maximum Gasteiger partial charge on any atom is 0.573 e. The van der Waals surface area contributed by atoms with E-state index in [0.29, 0.717) is 5.56 Å². The zero-order chi connectivity index (χ0) is 16.9. The number of benzene rings is 1. The first-order valence-electron chi connectivity index (χ1n) is 7.76. The minimum absolute atomic E-state index is 0.113. The van der Waals surface area contributed by atoms with Crippen LogP contribution >= 0.6 is 0 Å². The van der Waals surface area contributed by atoms with Crippen molar-refractivity contribution in [2.24, 2.45) is 0 Å². The van der Waals surface area contributed by atoms with Gasteiger partial charge in [-0.3, -0.25) is 4.79 Å². The molecule has 128 valence electrons. The molecule has 0 unspecified atom stereocenters. The second-order valence-electron chi connectivity index (χ2n) is 5.66. The van der Waals surface area contributed by atoms with E-state index in [2.05, 4.69) is 21.9 Å². The van der Waals surface area contributed by atoms with E-state index in [1.54, 1.807) is 0 Å². The van der Waals surface area contributed by atoms with Crippen molar-refractivity contribution in [2.45, 2.75) is 38.6 Å². The third kappa shape index (κ3) is 5.74. The van der Waals surface area contributed by atoms with Crippen molar-refractivity contribution in [2.75, 3.05) is 19.6 Å². The summed E-state index contributed by atoms with van der Waals surface area (Å²) in [5.41, 5.74) is 0.329. The van der Waals surface area contributed by atoms with Crippen LogP contribution < -0.4 is 10.1 Å². The van der Waals surface area contributed by atoms with Crippen molar-refractivity contribution in [1.82, 2.24) is 10.2 Å². The fourth-order valence-electron chi connectivity index (χ4n) is 2.69. The van der Waals surface area contributed by atoms with Crippen LogP contribution in [0.4, 0.5) is 13.2 Å². The highest BCUT2D eigenvalue weighted by molar-refractivity contribution is 5.94. The van der Waals surface area contributed by atoms with Crippen molar-refractivity contribution >= 4 is 5.91 Å². The Labute approximate surface area is 133 Å². The molecule has 1 aliphatic rings. The SMILES string of the molecule is CCCN1CCC(NC(=O)c2ccc(OC(F)(F)F)cc2)CC1. The van der Waals surface area contributed by atoms with Crippen molar-refractivity contribution in [3.63, 3.8) is 0 Å². The maximum absolute atomic E-state index is 12.1. The molecule has 1 N–H and O–H groups in total. The molecule has 0 atom stereocenters.